The van der Waals surface area contributed by atoms with Crippen LogP contribution in [0, 0.1) is 6.92 Å². The highest BCUT2D eigenvalue weighted by molar-refractivity contribution is 5.52. The number of allylic oxidation sites excluding steroid dienone is 4. The van der Waals surface area contributed by atoms with Gasteiger partial charge in [0, 0.05) is 5.56 Å². The monoisotopic (exact) mass is 418 g/mol. The summed E-state index contributed by atoms with van der Waals surface area (Å²) in [6, 6.07) is 1.30. The third kappa shape index (κ3) is 3.78. The predicted octanol–water partition coefficient (Wildman–Crippen LogP) is 2.53. The summed E-state index contributed by atoms with van der Waals surface area (Å²) in [5.41, 5.74) is -1.69. The second-order valence-corrected chi connectivity index (χ2v) is 8.06. The molecule has 2 fully saturated rings. The molecule has 0 unspecified atom stereocenters. The lowest BCUT2D eigenvalue weighted by atomic mass is 9.78. The molecule has 1 aromatic heterocycles. The number of hydrogen-bond donors (Lipinski definition) is 2. The molecule has 7 nitrogen and oxygen atoms in total. The number of aliphatic hydroxyl groups is 2. The fourth-order valence-corrected chi connectivity index (χ4v) is 4.29. The largest absolute Gasteiger partial charge is 0.496 e. The molecule has 2 saturated heterocycles. The van der Waals surface area contributed by atoms with Gasteiger partial charge in [-0.05, 0) is 33.3 Å². The van der Waals surface area contributed by atoms with Gasteiger partial charge in [0.15, 0.2) is 0 Å². The maximum Gasteiger partial charge on any atom is 0.339 e. The third-order valence-corrected chi connectivity index (χ3v) is 6.08. The second-order valence-electron chi connectivity index (χ2n) is 8.06. The summed E-state index contributed by atoms with van der Waals surface area (Å²) in [5.74, 6) is 0.901. The Morgan fingerprint density at radius 3 is 2.50 bits per heavy atom. The fraction of sp³-hybridized carbons (Fsp3) is 0.522. The summed E-state index contributed by atoms with van der Waals surface area (Å²) >= 11 is 0. The highest BCUT2D eigenvalue weighted by atomic mass is 16.6. The predicted molar refractivity (Wildman–Crippen MR) is 112 cm³/mol. The van der Waals surface area contributed by atoms with Crippen molar-refractivity contribution in [1.29, 1.82) is 0 Å². The third-order valence-electron chi connectivity index (χ3n) is 6.08. The van der Waals surface area contributed by atoms with Crippen molar-refractivity contribution in [2.45, 2.75) is 69.7 Å². The molecule has 2 aliphatic rings. The van der Waals surface area contributed by atoms with Crippen molar-refractivity contribution in [2.24, 2.45) is 0 Å². The molecular formula is C23H30O7. The molecule has 1 aromatic rings. The van der Waals surface area contributed by atoms with Gasteiger partial charge in [0.05, 0.1) is 19.3 Å². The van der Waals surface area contributed by atoms with Gasteiger partial charge in [-0.1, -0.05) is 37.3 Å². The van der Waals surface area contributed by atoms with E-state index >= 15 is 0 Å². The maximum atomic E-state index is 11.6. The van der Waals surface area contributed by atoms with Crippen LogP contribution in [0.3, 0.4) is 0 Å². The molecular weight excluding hydrogens is 388 g/mol. The van der Waals surface area contributed by atoms with Crippen molar-refractivity contribution in [3.63, 3.8) is 0 Å². The van der Waals surface area contributed by atoms with Crippen LogP contribution >= 0.6 is 0 Å². The van der Waals surface area contributed by atoms with E-state index in [1.54, 1.807) is 43.4 Å². The van der Waals surface area contributed by atoms with Crippen molar-refractivity contribution >= 4 is 6.08 Å². The van der Waals surface area contributed by atoms with Crippen molar-refractivity contribution in [1.82, 2.24) is 0 Å². The first-order chi connectivity index (χ1) is 14.2. The lowest BCUT2D eigenvalue weighted by Crippen LogP contribution is -2.64. The van der Waals surface area contributed by atoms with E-state index in [0.717, 1.165) is 5.56 Å². The zero-order valence-electron chi connectivity index (χ0n) is 18.0. The van der Waals surface area contributed by atoms with Crippen LogP contribution in [0.5, 0.6) is 5.75 Å². The van der Waals surface area contributed by atoms with Crippen LogP contribution in [0.2, 0.25) is 0 Å². The Labute approximate surface area is 176 Å². The van der Waals surface area contributed by atoms with Crippen molar-refractivity contribution in [2.75, 3.05) is 7.11 Å². The Morgan fingerprint density at radius 1 is 1.13 bits per heavy atom. The molecule has 2 aliphatic heterocycles. The van der Waals surface area contributed by atoms with Crippen molar-refractivity contribution < 1.29 is 28.8 Å². The topological polar surface area (TPSA) is 98.4 Å². The molecule has 7 heteroatoms. The van der Waals surface area contributed by atoms with Crippen molar-refractivity contribution in [3.05, 3.63) is 58.2 Å². The van der Waals surface area contributed by atoms with Gasteiger partial charge in [0.2, 0.25) is 0 Å². The summed E-state index contributed by atoms with van der Waals surface area (Å²) in [5, 5.41) is 21.4. The average molecular weight is 418 g/mol. The van der Waals surface area contributed by atoms with Crippen LogP contribution < -0.4 is 10.4 Å². The highest BCUT2D eigenvalue weighted by Gasteiger charge is 2.67. The first kappa shape index (κ1) is 22.5. The molecule has 3 rings (SSSR count). The van der Waals surface area contributed by atoms with E-state index in [-0.39, 0.29) is 6.10 Å². The fourth-order valence-electron chi connectivity index (χ4n) is 4.29. The van der Waals surface area contributed by atoms with Gasteiger partial charge in [0.25, 0.3) is 0 Å². The Morgan fingerprint density at radius 2 is 1.83 bits per heavy atom. The van der Waals surface area contributed by atoms with Gasteiger partial charge in [-0.3, -0.25) is 0 Å². The summed E-state index contributed by atoms with van der Waals surface area (Å²) in [4.78, 5) is 11.6. The number of ether oxygens (including phenoxy) is 3. The molecule has 0 aliphatic carbocycles. The molecule has 30 heavy (non-hydrogen) atoms. The first-order valence-corrected chi connectivity index (χ1v) is 10.1. The van der Waals surface area contributed by atoms with Crippen molar-refractivity contribution in [3.8, 4) is 5.75 Å². The lowest BCUT2D eigenvalue weighted by molar-refractivity contribution is -0.224. The Kier molecular flexibility index (Phi) is 6.38. The van der Waals surface area contributed by atoms with Gasteiger partial charge in [-0.25, -0.2) is 4.79 Å². The number of methoxy groups -OCH3 is 1. The highest BCUT2D eigenvalue weighted by Crippen LogP contribution is 2.49. The van der Waals surface area contributed by atoms with Gasteiger partial charge in [-0.15, -0.1) is 0 Å². The van der Waals surface area contributed by atoms with Gasteiger partial charge in [-0.2, -0.15) is 0 Å². The summed E-state index contributed by atoms with van der Waals surface area (Å²) < 4.78 is 22.4. The molecule has 0 radical (unpaired) electrons. The first-order valence-electron chi connectivity index (χ1n) is 10.1. The minimum atomic E-state index is -1.08. The standard InChI is InChI=1S/C23H30O7/c1-6-18-22(3)21(26)23(4,30-18)20(25)16(29-22)12-10-8-7-9-11-15-14(2)17(27-5)13-19(24)28-15/h7-13,16,18,20-21,25-26H,6H2,1-5H3/b8-7+,11-9+,12-10+/t16-,18+,20-,21-,22+,23-/m0/s1. The Bertz CT molecular complexity index is 911. The normalized spacial score (nSPS) is 36.4. The molecule has 0 aromatic carbocycles. The SMILES string of the molecule is CC[C@H]1O[C@]2(C)[C@@H](O)[C@]1(C)O[C@@H](/C=C/C=C/C=C/c1oc(=O)cc(OC)c1C)[C@@H]2O. The van der Waals surface area contributed by atoms with Crippen LogP contribution in [-0.2, 0) is 9.47 Å². The van der Waals surface area contributed by atoms with Crippen LogP contribution in [0.15, 0.2) is 45.7 Å². The average Bonchev–Trinajstić information content (AvgIpc) is 2.86. The lowest BCUT2D eigenvalue weighted by Gasteiger charge is -2.45. The minimum Gasteiger partial charge on any atom is -0.496 e. The summed E-state index contributed by atoms with van der Waals surface area (Å²) in [6.45, 7) is 7.33. The van der Waals surface area contributed by atoms with E-state index in [1.165, 1.54) is 13.2 Å². The van der Waals surface area contributed by atoms with E-state index in [4.69, 9.17) is 18.6 Å². The zero-order chi connectivity index (χ0) is 22.1. The van der Waals surface area contributed by atoms with Crippen LogP contribution in [0.1, 0.15) is 38.5 Å². The summed E-state index contributed by atoms with van der Waals surface area (Å²) in [7, 11) is 1.50. The molecule has 0 saturated carbocycles. The molecule has 2 bridgehead atoms. The molecule has 0 spiro atoms. The molecule has 164 valence electrons. The van der Waals surface area contributed by atoms with E-state index in [9.17, 15) is 15.0 Å². The Balaban J connectivity index is 1.69. The number of aliphatic hydroxyl groups excluding tert-OH is 2. The van der Waals surface area contributed by atoms with Crippen LogP contribution in [0.4, 0.5) is 0 Å². The summed E-state index contributed by atoms with van der Waals surface area (Å²) in [6.07, 6.45) is 8.34. The number of fused-ring (bicyclic) bond motifs is 2. The van der Waals surface area contributed by atoms with E-state index < -0.39 is 35.1 Å². The van der Waals surface area contributed by atoms with Gasteiger partial charge < -0.3 is 28.8 Å². The zero-order valence-corrected chi connectivity index (χ0v) is 18.0. The minimum absolute atomic E-state index is 0.287. The number of hydrogen-bond acceptors (Lipinski definition) is 7. The Hall–Kier alpha value is -2.19. The molecule has 0 amide bonds. The van der Waals surface area contributed by atoms with Gasteiger partial charge in [0.1, 0.15) is 41.0 Å². The van der Waals surface area contributed by atoms with E-state index in [0.29, 0.717) is 17.9 Å². The van der Waals surface area contributed by atoms with E-state index in [1.807, 2.05) is 20.8 Å². The van der Waals surface area contributed by atoms with Crippen LogP contribution in [0.25, 0.3) is 6.08 Å². The number of rotatable bonds is 6. The quantitative estimate of drug-likeness (QED) is 0.685. The second kappa shape index (κ2) is 8.51. The molecule has 3 heterocycles. The van der Waals surface area contributed by atoms with Gasteiger partial charge >= 0.3 is 5.63 Å². The van der Waals surface area contributed by atoms with Crippen LogP contribution in [-0.4, -0.2) is 52.9 Å². The van der Waals surface area contributed by atoms with E-state index in [2.05, 4.69) is 0 Å². The maximum absolute atomic E-state index is 11.6. The molecule has 2 N–H and O–H groups in total. The molecule has 6 atom stereocenters. The smallest absolute Gasteiger partial charge is 0.339 e.